The molecule has 6 heteroatoms. The Hall–Kier alpha value is -1.43. The normalized spacial score (nSPS) is 16.8. The summed E-state index contributed by atoms with van der Waals surface area (Å²) in [5, 5.41) is 11.7. The van der Waals surface area contributed by atoms with E-state index in [9.17, 15) is 9.59 Å². The van der Waals surface area contributed by atoms with E-state index in [0.29, 0.717) is 18.7 Å². The molecule has 1 aromatic heterocycles. The molecular weight excluding hydrogens is 300 g/mol. The Labute approximate surface area is 113 Å². The monoisotopic (exact) mass is 312 g/mol. The van der Waals surface area contributed by atoms with Crippen molar-refractivity contribution >= 4 is 33.6 Å². The van der Waals surface area contributed by atoms with Gasteiger partial charge in [0.2, 0.25) is 5.91 Å². The van der Waals surface area contributed by atoms with Crippen molar-refractivity contribution in [1.29, 1.82) is 0 Å². The van der Waals surface area contributed by atoms with Gasteiger partial charge in [-0.15, -0.1) is 0 Å². The number of hydrogen-bond acceptors (Lipinski definition) is 3. The zero-order valence-electron chi connectivity index (χ0n) is 9.86. The van der Waals surface area contributed by atoms with Gasteiger partial charge in [0.1, 0.15) is 11.2 Å². The third-order valence-corrected chi connectivity index (χ3v) is 4.17. The average molecular weight is 313 g/mol. The second-order valence-electron chi connectivity index (χ2n) is 4.51. The highest BCUT2D eigenvalue weighted by molar-refractivity contribution is 9.10. The largest absolute Gasteiger partial charge is 0.480 e. The summed E-state index contributed by atoms with van der Waals surface area (Å²) in [7, 11) is 0. The first-order valence-electron chi connectivity index (χ1n) is 5.63. The predicted octanol–water partition coefficient (Wildman–Crippen LogP) is 2.35. The molecule has 0 radical (unpaired) electrons. The number of aliphatic carboxylic acids is 1. The van der Waals surface area contributed by atoms with Crippen molar-refractivity contribution in [2.45, 2.75) is 26.2 Å². The lowest BCUT2D eigenvalue weighted by Gasteiger charge is -2.35. The number of carbonyl (C=O) groups excluding carboxylic acids is 1. The van der Waals surface area contributed by atoms with Crippen LogP contribution in [0.25, 0.3) is 0 Å². The Kier molecular flexibility index (Phi) is 3.38. The van der Waals surface area contributed by atoms with Crippen molar-refractivity contribution < 1.29 is 14.7 Å². The van der Waals surface area contributed by atoms with E-state index in [0.717, 1.165) is 16.5 Å². The molecule has 1 aliphatic carbocycles. The minimum absolute atomic E-state index is 0.383. The molecular formula is C12H13BrN2O3. The van der Waals surface area contributed by atoms with Gasteiger partial charge in [-0.1, -0.05) is 6.42 Å². The van der Waals surface area contributed by atoms with E-state index in [-0.39, 0.29) is 0 Å². The number of carbonyl (C=O) groups is 2. The molecule has 2 N–H and O–H groups in total. The average Bonchev–Trinajstić information content (AvgIpc) is 2.21. The number of aryl methyl sites for hydroxylation is 1. The van der Waals surface area contributed by atoms with Crippen LogP contribution in [0.4, 0.5) is 5.82 Å². The van der Waals surface area contributed by atoms with Crippen LogP contribution in [0.5, 0.6) is 0 Å². The molecule has 18 heavy (non-hydrogen) atoms. The van der Waals surface area contributed by atoms with Crippen LogP contribution in [0.15, 0.2) is 16.7 Å². The number of anilines is 1. The molecule has 0 spiro atoms. The maximum Gasteiger partial charge on any atom is 0.319 e. The van der Waals surface area contributed by atoms with E-state index in [2.05, 4.69) is 26.2 Å². The summed E-state index contributed by atoms with van der Waals surface area (Å²) >= 11 is 3.31. The molecule has 1 aliphatic rings. The molecule has 0 saturated heterocycles. The number of hydrogen-bond donors (Lipinski definition) is 2. The lowest BCUT2D eigenvalue weighted by Crippen LogP contribution is -2.48. The number of amides is 1. The molecule has 96 valence electrons. The number of halogens is 1. The van der Waals surface area contributed by atoms with Crippen molar-refractivity contribution in [3.63, 3.8) is 0 Å². The smallest absolute Gasteiger partial charge is 0.319 e. The fraction of sp³-hybridized carbons (Fsp3) is 0.417. The summed E-state index contributed by atoms with van der Waals surface area (Å²) in [4.78, 5) is 27.2. The van der Waals surface area contributed by atoms with Crippen LogP contribution in [-0.4, -0.2) is 22.0 Å². The quantitative estimate of drug-likeness (QED) is 0.840. The van der Waals surface area contributed by atoms with E-state index < -0.39 is 17.3 Å². The Morgan fingerprint density at radius 3 is 2.61 bits per heavy atom. The Morgan fingerprint density at radius 2 is 2.17 bits per heavy atom. The standard InChI is InChI=1S/C12H13BrN2O3/c1-7-5-9(14-6-8(7)13)15-10(16)12(11(17)18)3-2-4-12/h5-6H,2-4H2,1H3,(H,17,18)(H,14,15,16). The SMILES string of the molecule is Cc1cc(NC(=O)C2(C(=O)O)CCC2)ncc1Br. The number of carboxylic acids is 1. The fourth-order valence-corrected chi connectivity index (χ4v) is 2.13. The minimum atomic E-state index is -1.26. The highest BCUT2D eigenvalue weighted by atomic mass is 79.9. The number of aromatic nitrogens is 1. The maximum atomic E-state index is 12.0. The van der Waals surface area contributed by atoms with Gasteiger partial charge in [-0.25, -0.2) is 4.98 Å². The summed E-state index contributed by atoms with van der Waals surface area (Å²) in [6, 6.07) is 1.70. The summed E-state index contributed by atoms with van der Waals surface area (Å²) in [6.07, 6.45) is 3.14. The van der Waals surface area contributed by atoms with Gasteiger partial charge in [0.05, 0.1) is 0 Å². The van der Waals surface area contributed by atoms with Gasteiger partial charge in [-0.2, -0.15) is 0 Å². The number of carboxylic acid groups (broad SMARTS) is 1. The second kappa shape index (κ2) is 4.68. The van der Waals surface area contributed by atoms with Gasteiger partial charge in [0.25, 0.3) is 0 Å². The van der Waals surface area contributed by atoms with E-state index in [1.54, 1.807) is 12.3 Å². The third kappa shape index (κ3) is 2.12. The van der Waals surface area contributed by atoms with Crippen LogP contribution in [0.3, 0.4) is 0 Å². The number of nitrogens with zero attached hydrogens (tertiary/aromatic N) is 1. The zero-order chi connectivity index (χ0) is 13.3. The molecule has 1 amide bonds. The van der Waals surface area contributed by atoms with Crippen LogP contribution in [0, 0.1) is 12.3 Å². The van der Waals surface area contributed by atoms with Gasteiger partial charge in [0, 0.05) is 10.7 Å². The molecule has 0 bridgehead atoms. The van der Waals surface area contributed by atoms with E-state index in [1.807, 2.05) is 6.92 Å². The van der Waals surface area contributed by atoms with Crippen LogP contribution < -0.4 is 5.32 Å². The van der Waals surface area contributed by atoms with Gasteiger partial charge >= 0.3 is 5.97 Å². The molecule has 0 aromatic carbocycles. The molecule has 1 fully saturated rings. The molecule has 0 aliphatic heterocycles. The van der Waals surface area contributed by atoms with Gasteiger partial charge in [-0.3, -0.25) is 9.59 Å². The molecule has 2 rings (SSSR count). The Morgan fingerprint density at radius 1 is 1.50 bits per heavy atom. The van der Waals surface area contributed by atoms with Gasteiger partial charge in [-0.05, 0) is 47.3 Å². The fourth-order valence-electron chi connectivity index (χ4n) is 1.91. The Bertz CT molecular complexity index is 512. The first-order valence-corrected chi connectivity index (χ1v) is 6.42. The topological polar surface area (TPSA) is 79.3 Å². The lowest BCUT2D eigenvalue weighted by molar-refractivity contribution is -0.159. The molecule has 0 unspecified atom stereocenters. The summed E-state index contributed by atoms with van der Waals surface area (Å²) in [5.41, 5.74) is -0.332. The van der Waals surface area contributed by atoms with Crippen molar-refractivity contribution in [2.24, 2.45) is 5.41 Å². The first kappa shape index (κ1) is 13.0. The van der Waals surface area contributed by atoms with Crippen LogP contribution >= 0.6 is 15.9 Å². The number of nitrogens with one attached hydrogen (secondary N) is 1. The van der Waals surface area contributed by atoms with Crippen molar-refractivity contribution in [3.8, 4) is 0 Å². The van der Waals surface area contributed by atoms with Crippen molar-refractivity contribution in [3.05, 3.63) is 22.3 Å². The predicted molar refractivity (Wildman–Crippen MR) is 69.2 cm³/mol. The van der Waals surface area contributed by atoms with E-state index >= 15 is 0 Å². The highest BCUT2D eigenvalue weighted by Crippen LogP contribution is 2.42. The summed E-state index contributed by atoms with van der Waals surface area (Å²) in [5.74, 6) is -1.15. The van der Waals surface area contributed by atoms with Crippen LogP contribution in [0.2, 0.25) is 0 Å². The molecule has 0 atom stereocenters. The van der Waals surface area contributed by atoms with Crippen LogP contribution in [0.1, 0.15) is 24.8 Å². The number of pyridine rings is 1. The van der Waals surface area contributed by atoms with Crippen molar-refractivity contribution in [1.82, 2.24) is 4.98 Å². The maximum absolute atomic E-state index is 12.0. The Balaban J connectivity index is 2.16. The summed E-state index contributed by atoms with van der Waals surface area (Å²) in [6.45, 7) is 1.87. The highest BCUT2D eigenvalue weighted by Gasteiger charge is 2.51. The number of rotatable bonds is 3. The summed E-state index contributed by atoms with van der Waals surface area (Å²) < 4.78 is 0.845. The molecule has 1 aromatic rings. The third-order valence-electron chi connectivity index (χ3n) is 3.34. The molecule has 1 heterocycles. The first-order chi connectivity index (χ1) is 8.45. The van der Waals surface area contributed by atoms with Crippen molar-refractivity contribution in [2.75, 3.05) is 5.32 Å². The lowest BCUT2D eigenvalue weighted by atomic mass is 9.68. The molecule has 1 saturated carbocycles. The van der Waals surface area contributed by atoms with Crippen LogP contribution in [-0.2, 0) is 9.59 Å². The second-order valence-corrected chi connectivity index (χ2v) is 5.37. The van der Waals surface area contributed by atoms with E-state index in [1.165, 1.54) is 0 Å². The zero-order valence-corrected chi connectivity index (χ0v) is 11.5. The van der Waals surface area contributed by atoms with Gasteiger partial charge < -0.3 is 10.4 Å². The minimum Gasteiger partial charge on any atom is -0.480 e. The van der Waals surface area contributed by atoms with Gasteiger partial charge in [0.15, 0.2) is 0 Å². The molecule has 5 nitrogen and oxygen atoms in total. The van der Waals surface area contributed by atoms with E-state index in [4.69, 9.17) is 5.11 Å².